The first kappa shape index (κ1) is 15.0. The van der Waals surface area contributed by atoms with Gasteiger partial charge in [-0.25, -0.2) is 15.3 Å². The molecule has 0 radical (unpaired) electrons. The van der Waals surface area contributed by atoms with Crippen molar-refractivity contribution in [1.29, 1.82) is 0 Å². The third-order valence-electron chi connectivity index (χ3n) is 2.46. The van der Waals surface area contributed by atoms with Gasteiger partial charge < -0.3 is 10.4 Å². The number of aromatic nitrogens is 3. The van der Waals surface area contributed by atoms with Gasteiger partial charge in [0.15, 0.2) is 0 Å². The summed E-state index contributed by atoms with van der Waals surface area (Å²) in [6.45, 7) is -0.278. The third-order valence-corrected chi connectivity index (χ3v) is 2.46. The van der Waals surface area contributed by atoms with Crippen LogP contribution in [0.2, 0.25) is 0 Å². The number of carbonyl (C=O) groups is 1. The molecule has 0 spiro atoms. The van der Waals surface area contributed by atoms with Crippen LogP contribution in [0.5, 0.6) is 5.75 Å². The number of aromatic amines is 2. The Kier molecular flexibility index (Phi) is 4.65. The molecule has 0 bridgehead atoms. The smallest absolute Gasteiger partial charge is 0.342 e. The lowest BCUT2D eigenvalue weighted by atomic mass is 10.2. The van der Waals surface area contributed by atoms with E-state index in [2.05, 4.69) is 20.9 Å². The number of rotatable bonds is 5. The fraction of sp³-hybridized carbons (Fsp3) is 0.0833. The molecule has 0 aliphatic carbocycles. The monoisotopic (exact) mass is 304 g/mol. The topological polar surface area (TPSA) is 152 Å². The van der Waals surface area contributed by atoms with Gasteiger partial charge in [-0.3, -0.25) is 14.6 Å². The molecule has 1 heterocycles. The molecule has 1 aromatic heterocycles. The van der Waals surface area contributed by atoms with Crippen LogP contribution in [-0.2, 0) is 4.79 Å². The molecule has 5 N–H and O–H groups in total. The average Bonchev–Trinajstić information content (AvgIpc) is 2.48. The van der Waals surface area contributed by atoms with Crippen molar-refractivity contribution in [3.8, 4) is 5.75 Å². The Hall–Kier alpha value is -3.43. The minimum absolute atomic E-state index is 0.0302. The highest BCUT2D eigenvalue weighted by Crippen LogP contribution is 2.12. The Morgan fingerprint density at radius 2 is 2.14 bits per heavy atom. The van der Waals surface area contributed by atoms with E-state index in [4.69, 9.17) is 0 Å². The van der Waals surface area contributed by atoms with Crippen LogP contribution in [0.4, 0.5) is 5.82 Å². The minimum atomic E-state index is -0.743. The molecule has 2 aromatic rings. The minimum Gasteiger partial charge on any atom is -0.507 e. The summed E-state index contributed by atoms with van der Waals surface area (Å²) >= 11 is 0. The predicted octanol–water partition coefficient (Wildman–Crippen LogP) is -1.27. The highest BCUT2D eigenvalue weighted by molar-refractivity contribution is 5.85. The number of hydrogen-bond donors (Lipinski definition) is 5. The molecule has 0 aliphatic rings. The van der Waals surface area contributed by atoms with Gasteiger partial charge in [0.2, 0.25) is 5.82 Å². The number of hydrogen-bond acceptors (Lipinski definition) is 7. The summed E-state index contributed by atoms with van der Waals surface area (Å²) in [7, 11) is 0. The summed E-state index contributed by atoms with van der Waals surface area (Å²) in [5.74, 6) is -0.707. The Morgan fingerprint density at radius 1 is 1.36 bits per heavy atom. The average molecular weight is 304 g/mol. The summed E-state index contributed by atoms with van der Waals surface area (Å²) in [5, 5.41) is 21.1. The fourth-order valence-electron chi connectivity index (χ4n) is 1.44. The zero-order valence-electron chi connectivity index (χ0n) is 11.2. The fourth-order valence-corrected chi connectivity index (χ4v) is 1.44. The first-order valence-electron chi connectivity index (χ1n) is 6.09. The second kappa shape index (κ2) is 6.83. The molecular formula is C12H12N6O4. The van der Waals surface area contributed by atoms with Crippen LogP contribution in [-0.4, -0.2) is 39.0 Å². The molecule has 0 fully saturated rings. The molecule has 0 saturated heterocycles. The number of H-pyrrole nitrogens is 2. The molecule has 114 valence electrons. The molecule has 1 amide bonds. The van der Waals surface area contributed by atoms with Crippen molar-refractivity contribution in [3.05, 3.63) is 50.7 Å². The lowest BCUT2D eigenvalue weighted by Gasteiger charge is -2.02. The Balaban J connectivity index is 1.87. The standard InChI is InChI=1S/C12H12N6O4/c19-8-4-2-1-3-7(8)5-14-16-9(20)6-13-10-11(21)15-12(22)18-17-10/h1-5,19H,6H2,(H,13,17)(H,16,20)(H2,15,18,21,22)/b14-5-. The highest BCUT2D eigenvalue weighted by atomic mass is 16.3. The van der Waals surface area contributed by atoms with E-state index in [1.807, 2.05) is 10.1 Å². The van der Waals surface area contributed by atoms with Crippen molar-refractivity contribution in [2.75, 3.05) is 11.9 Å². The van der Waals surface area contributed by atoms with Gasteiger partial charge in [0.25, 0.3) is 11.5 Å². The van der Waals surface area contributed by atoms with E-state index in [-0.39, 0.29) is 18.1 Å². The SMILES string of the molecule is O=C(CNc1n[nH]c(=O)[nH]c1=O)N/N=C\c1ccccc1O. The van der Waals surface area contributed by atoms with E-state index in [9.17, 15) is 19.5 Å². The van der Waals surface area contributed by atoms with Crippen LogP contribution in [0, 0.1) is 0 Å². The normalized spacial score (nSPS) is 10.5. The summed E-state index contributed by atoms with van der Waals surface area (Å²) in [4.78, 5) is 35.5. The quantitative estimate of drug-likeness (QED) is 0.343. The molecule has 10 heteroatoms. The van der Waals surface area contributed by atoms with Gasteiger partial charge in [-0.2, -0.15) is 5.10 Å². The Labute approximate surface area is 122 Å². The molecular weight excluding hydrogens is 292 g/mol. The molecule has 0 saturated carbocycles. The third kappa shape index (κ3) is 4.03. The van der Waals surface area contributed by atoms with Crippen molar-refractivity contribution < 1.29 is 9.90 Å². The van der Waals surface area contributed by atoms with Crippen molar-refractivity contribution in [2.45, 2.75) is 0 Å². The number of anilines is 1. The molecule has 0 aliphatic heterocycles. The lowest BCUT2D eigenvalue weighted by Crippen LogP contribution is -2.31. The number of nitrogens with one attached hydrogen (secondary N) is 4. The second-order valence-corrected chi connectivity index (χ2v) is 4.06. The van der Waals surface area contributed by atoms with E-state index in [1.165, 1.54) is 12.3 Å². The first-order valence-corrected chi connectivity index (χ1v) is 6.09. The largest absolute Gasteiger partial charge is 0.507 e. The number of para-hydroxylation sites is 1. The molecule has 0 atom stereocenters. The molecule has 2 rings (SSSR count). The number of phenolic OH excluding ortho intramolecular Hbond substituents is 1. The molecule has 10 nitrogen and oxygen atoms in total. The van der Waals surface area contributed by atoms with E-state index in [1.54, 1.807) is 18.2 Å². The van der Waals surface area contributed by atoms with E-state index < -0.39 is 17.2 Å². The van der Waals surface area contributed by atoms with Gasteiger partial charge in [-0.15, -0.1) is 5.10 Å². The molecule has 0 unspecified atom stereocenters. The maximum Gasteiger partial charge on any atom is 0.342 e. The van der Waals surface area contributed by atoms with Gasteiger partial charge in [-0.05, 0) is 12.1 Å². The zero-order chi connectivity index (χ0) is 15.9. The van der Waals surface area contributed by atoms with E-state index in [0.717, 1.165) is 0 Å². The van der Waals surface area contributed by atoms with Gasteiger partial charge in [0.1, 0.15) is 5.75 Å². The predicted molar refractivity (Wildman–Crippen MR) is 77.8 cm³/mol. The van der Waals surface area contributed by atoms with Crippen molar-refractivity contribution >= 4 is 17.9 Å². The van der Waals surface area contributed by atoms with Gasteiger partial charge in [0.05, 0.1) is 12.8 Å². The summed E-state index contributed by atoms with van der Waals surface area (Å²) in [6.07, 6.45) is 1.28. The highest BCUT2D eigenvalue weighted by Gasteiger charge is 2.04. The van der Waals surface area contributed by atoms with Crippen LogP contribution in [0.25, 0.3) is 0 Å². The number of benzene rings is 1. The first-order chi connectivity index (χ1) is 10.6. The van der Waals surface area contributed by atoms with Crippen LogP contribution >= 0.6 is 0 Å². The Bertz CT molecular complexity index is 810. The Morgan fingerprint density at radius 3 is 2.86 bits per heavy atom. The summed E-state index contributed by atoms with van der Waals surface area (Å²) in [6, 6.07) is 6.47. The number of hydrazone groups is 1. The van der Waals surface area contributed by atoms with Crippen molar-refractivity contribution in [1.82, 2.24) is 20.6 Å². The second-order valence-electron chi connectivity index (χ2n) is 4.06. The number of aromatic hydroxyl groups is 1. The van der Waals surface area contributed by atoms with Gasteiger partial charge >= 0.3 is 5.69 Å². The number of carbonyl (C=O) groups excluding carboxylic acids is 1. The van der Waals surface area contributed by atoms with Crippen LogP contribution in [0.1, 0.15) is 5.56 Å². The maximum atomic E-state index is 11.5. The number of phenols is 1. The maximum absolute atomic E-state index is 11.5. The van der Waals surface area contributed by atoms with E-state index >= 15 is 0 Å². The van der Waals surface area contributed by atoms with Crippen molar-refractivity contribution in [2.24, 2.45) is 5.10 Å². The van der Waals surface area contributed by atoms with Crippen LogP contribution < -0.4 is 22.0 Å². The van der Waals surface area contributed by atoms with Gasteiger partial charge in [0, 0.05) is 5.56 Å². The summed E-state index contributed by atoms with van der Waals surface area (Å²) in [5.41, 5.74) is 1.16. The zero-order valence-corrected chi connectivity index (χ0v) is 11.2. The number of nitrogens with zero attached hydrogens (tertiary/aromatic N) is 2. The number of amides is 1. The summed E-state index contributed by atoms with van der Waals surface area (Å²) < 4.78 is 0. The van der Waals surface area contributed by atoms with E-state index in [0.29, 0.717) is 5.56 Å². The van der Waals surface area contributed by atoms with Crippen LogP contribution in [0.3, 0.4) is 0 Å². The van der Waals surface area contributed by atoms with Crippen LogP contribution in [0.15, 0.2) is 39.0 Å². The molecule has 1 aromatic carbocycles. The lowest BCUT2D eigenvalue weighted by molar-refractivity contribution is -0.119. The van der Waals surface area contributed by atoms with Gasteiger partial charge in [-0.1, -0.05) is 12.1 Å². The molecule has 22 heavy (non-hydrogen) atoms. The van der Waals surface area contributed by atoms with Crippen molar-refractivity contribution in [3.63, 3.8) is 0 Å².